The van der Waals surface area contributed by atoms with E-state index in [1.54, 1.807) is 13.0 Å². The minimum absolute atomic E-state index is 0.252. The summed E-state index contributed by atoms with van der Waals surface area (Å²) in [5.74, 6) is -0.761. The Labute approximate surface area is 128 Å². The van der Waals surface area contributed by atoms with Crippen LogP contribution in [-0.2, 0) is 16.0 Å². The van der Waals surface area contributed by atoms with Gasteiger partial charge in [-0.3, -0.25) is 9.59 Å². The molecule has 0 aromatic heterocycles. The van der Waals surface area contributed by atoms with Crippen LogP contribution in [-0.4, -0.2) is 32.6 Å². The van der Waals surface area contributed by atoms with E-state index in [0.717, 1.165) is 0 Å². The quantitative estimate of drug-likeness (QED) is 0.632. The molecule has 0 bridgehead atoms. The monoisotopic (exact) mass is 312 g/mol. The third kappa shape index (κ3) is 2.70. The van der Waals surface area contributed by atoms with Crippen LogP contribution in [0.3, 0.4) is 0 Å². The topological polar surface area (TPSA) is 61.8 Å². The Balaban J connectivity index is 2.46. The normalized spacial score (nSPS) is 17.1. The van der Waals surface area contributed by atoms with Crippen LogP contribution in [0.5, 0.6) is 11.5 Å². The van der Waals surface area contributed by atoms with E-state index in [0.29, 0.717) is 40.5 Å². The number of ketones is 1. The molecule has 114 valence electrons. The van der Waals surface area contributed by atoms with Crippen molar-refractivity contribution in [2.24, 2.45) is 5.92 Å². The van der Waals surface area contributed by atoms with Gasteiger partial charge in [-0.15, -0.1) is 0 Å². The zero-order valence-electron chi connectivity index (χ0n) is 12.2. The maximum atomic E-state index is 12.5. The minimum atomic E-state index is -0.772. The summed E-state index contributed by atoms with van der Waals surface area (Å²) < 4.78 is 15.4. The number of esters is 1. The maximum Gasteiger partial charge on any atom is 0.316 e. The highest BCUT2D eigenvalue weighted by molar-refractivity contribution is 6.34. The molecular formula is C15H17ClO5. The summed E-state index contributed by atoms with van der Waals surface area (Å²) in [6, 6.07) is 1.58. The standard InChI is InChI=1S/C15H17ClO5/c1-4-21-15(18)9-6-5-8-10(13(9)17)7-11(19-2)14(20-3)12(8)16/h7,9H,4-6H2,1-3H3. The van der Waals surface area contributed by atoms with Crippen LogP contribution in [0.4, 0.5) is 0 Å². The highest BCUT2D eigenvalue weighted by Crippen LogP contribution is 2.43. The lowest BCUT2D eigenvalue weighted by molar-refractivity contribution is -0.146. The summed E-state index contributed by atoms with van der Waals surface area (Å²) in [4.78, 5) is 24.3. The Bertz CT molecular complexity index is 582. The molecule has 0 saturated heterocycles. The van der Waals surface area contributed by atoms with Crippen LogP contribution in [0.2, 0.25) is 5.02 Å². The largest absolute Gasteiger partial charge is 0.493 e. The van der Waals surface area contributed by atoms with Gasteiger partial charge >= 0.3 is 5.97 Å². The number of halogens is 1. The Morgan fingerprint density at radius 2 is 2.10 bits per heavy atom. The predicted molar refractivity (Wildman–Crippen MR) is 77.3 cm³/mol. The number of hydrogen-bond donors (Lipinski definition) is 0. The van der Waals surface area contributed by atoms with Gasteiger partial charge in [-0.05, 0) is 31.4 Å². The van der Waals surface area contributed by atoms with Gasteiger partial charge in [0.15, 0.2) is 17.3 Å². The Kier molecular flexibility index (Phi) is 4.73. The van der Waals surface area contributed by atoms with E-state index < -0.39 is 11.9 Å². The Morgan fingerprint density at radius 1 is 1.38 bits per heavy atom. The van der Waals surface area contributed by atoms with Crippen molar-refractivity contribution in [3.63, 3.8) is 0 Å². The third-order valence-electron chi connectivity index (χ3n) is 3.55. The van der Waals surface area contributed by atoms with E-state index in [9.17, 15) is 9.59 Å². The summed E-state index contributed by atoms with van der Waals surface area (Å²) in [7, 11) is 2.96. The molecule has 5 nitrogen and oxygen atoms in total. The van der Waals surface area contributed by atoms with Crippen LogP contribution >= 0.6 is 11.6 Å². The highest BCUT2D eigenvalue weighted by Gasteiger charge is 2.36. The average Bonchev–Trinajstić information content (AvgIpc) is 2.48. The van der Waals surface area contributed by atoms with E-state index in [2.05, 4.69) is 0 Å². The lowest BCUT2D eigenvalue weighted by Gasteiger charge is -2.24. The van der Waals surface area contributed by atoms with Gasteiger partial charge in [-0.2, -0.15) is 0 Å². The van der Waals surface area contributed by atoms with Gasteiger partial charge in [0.2, 0.25) is 0 Å². The lowest BCUT2D eigenvalue weighted by atomic mass is 9.82. The first-order valence-electron chi connectivity index (χ1n) is 6.69. The van der Waals surface area contributed by atoms with E-state index in [1.807, 2.05) is 0 Å². The summed E-state index contributed by atoms with van der Waals surface area (Å²) in [5, 5.41) is 0.363. The van der Waals surface area contributed by atoms with Crippen molar-refractivity contribution in [2.45, 2.75) is 19.8 Å². The van der Waals surface area contributed by atoms with E-state index >= 15 is 0 Å². The van der Waals surface area contributed by atoms with Crippen molar-refractivity contribution >= 4 is 23.4 Å². The van der Waals surface area contributed by atoms with Crippen LogP contribution in [0.25, 0.3) is 0 Å². The van der Waals surface area contributed by atoms with Gasteiger partial charge in [0.25, 0.3) is 0 Å². The SMILES string of the molecule is CCOC(=O)C1CCc2c(cc(OC)c(OC)c2Cl)C1=O. The Morgan fingerprint density at radius 3 is 2.67 bits per heavy atom. The number of hydrogen-bond acceptors (Lipinski definition) is 5. The van der Waals surface area contributed by atoms with Crippen LogP contribution < -0.4 is 9.47 Å². The molecule has 1 atom stereocenters. The lowest BCUT2D eigenvalue weighted by Crippen LogP contribution is -2.31. The average molecular weight is 313 g/mol. The van der Waals surface area contributed by atoms with Crippen molar-refractivity contribution in [2.75, 3.05) is 20.8 Å². The molecule has 0 N–H and O–H groups in total. The zero-order valence-corrected chi connectivity index (χ0v) is 13.0. The zero-order chi connectivity index (χ0) is 15.6. The number of fused-ring (bicyclic) bond motifs is 1. The first-order valence-corrected chi connectivity index (χ1v) is 7.07. The van der Waals surface area contributed by atoms with Gasteiger partial charge in [0.05, 0.1) is 25.8 Å². The van der Waals surface area contributed by atoms with Gasteiger partial charge in [0.1, 0.15) is 5.92 Å². The minimum Gasteiger partial charge on any atom is -0.493 e. The van der Waals surface area contributed by atoms with Crippen molar-refractivity contribution < 1.29 is 23.8 Å². The number of carbonyl (C=O) groups is 2. The molecule has 0 amide bonds. The summed E-state index contributed by atoms with van der Waals surface area (Å²) in [5.41, 5.74) is 1.10. The molecule has 0 heterocycles. The Hall–Kier alpha value is -1.75. The predicted octanol–water partition coefficient (Wildman–Crippen LogP) is 2.67. The van der Waals surface area contributed by atoms with E-state index in [1.165, 1.54) is 14.2 Å². The maximum absolute atomic E-state index is 12.5. The fraction of sp³-hybridized carbons (Fsp3) is 0.467. The number of methoxy groups -OCH3 is 2. The van der Waals surface area contributed by atoms with Crippen molar-refractivity contribution in [1.82, 2.24) is 0 Å². The molecule has 0 radical (unpaired) electrons. The molecule has 1 aliphatic carbocycles. The van der Waals surface area contributed by atoms with Crippen LogP contribution in [0.15, 0.2) is 6.07 Å². The fourth-order valence-corrected chi connectivity index (χ4v) is 2.90. The molecular weight excluding hydrogens is 296 g/mol. The highest BCUT2D eigenvalue weighted by atomic mass is 35.5. The second-order valence-electron chi connectivity index (χ2n) is 4.66. The number of ether oxygens (including phenoxy) is 3. The summed E-state index contributed by atoms with van der Waals surface area (Å²) >= 11 is 6.29. The van der Waals surface area contributed by atoms with Crippen LogP contribution in [0, 0.1) is 5.92 Å². The molecule has 21 heavy (non-hydrogen) atoms. The molecule has 1 aromatic carbocycles. The van der Waals surface area contributed by atoms with E-state index in [-0.39, 0.29) is 12.4 Å². The molecule has 1 aliphatic rings. The number of rotatable bonds is 4. The van der Waals surface area contributed by atoms with E-state index in [4.69, 9.17) is 25.8 Å². The number of carbonyl (C=O) groups excluding carboxylic acids is 2. The molecule has 0 aliphatic heterocycles. The molecule has 6 heteroatoms. The first-order chi connectivity index (χ1) is 10.0. The van der Waals surface area contributed by atoms with Gasteiger partial charge in [-0.25, -0.2) is 0 Å². The third-order valence-corrected chi connectivity index (χ3v) is 3.95. The number of Topliss-reactive ketones (excluding diaryl/α,β-unsaturated/α-hetero) is 1. The number of benzene rings is 1. The smallest absolute Gasteiger partial charge is 0.316 e. The van der Waals surface area contributed by atoms with Crippen molar-refractivity contribution in [3.8, 4) is 11.5 Å². The molecule has 0 fully saturated rings. The van der Waals surface area contributed by atoms with Crippen LogP contribution in [0.1, 0.15) is 29.3 Å². The molecule has 0 spiro atoms. The molecule has 0 saturated carbocycles. The van der Waals surface area contributed by atoms with Crippen molar-refractivity contribution in [3.05, 3.63) is 22.2 Å². The van der Waals surface area contributed by atoms with Crippen molar-refractivity contribution in [1.29, 1.82) is 0 Å². The molecule has 2 rings (SSSR count). The fourth-order valence-electron chi connectivity index (χ4n) is 2.53. The second-order valence-corrected chi connectivity index (χ2v) is 5.04. The molecule has 1 unspecified atom stereocenters. The van der Waals surface area contributed by atoms with Gasteiger partial charge in [-0.1, -0.05) is 11.6 Å². The summed E-state index contributed by atoms with van der Waals surface area (Å²) in [6.45, 7) is 1.96. The summed E-state index contributed by atoms with van der Waals surface area (Å²) in [6.07, 6.45) is 0.906. The molecule has 1 aromatic rings. The van der Waals surface area contributed by atoms with Gasteiger partial charge < -0.3 is 14.2 Å². The van der Waals surface area contributed by atoms with Gasteiger partial charge in [0, 0.05) is 5.56 Å². The second kappa shape index (κ2) is 6.35. The first kappa shape index (κ1) is 15.6.